The molecule has 0 aliphatic heterocycles. The van der Waals surface area contributed by atoms with Gasteiger partial charge in [0, 0.05) is 6.42 Å². The summed E-state index contributed by atoms with van der Waals surface area (Å²) in [7, 11) is -5.47. The van der Waals surface area contributed by atoms with Crippen LogP contribution < -0.4 is 0 Å². The van der Waals surface area contributed by atoms with Crippen molar-refractivity contribution in [1.82, 2.24) is 0 Å². The Labute approximate surface area is 315 Å². The molecule has 0 N–H and O–H groups in total. The Morgan fingerprint density at radius 1 is 0.820 bits per heavy atom. The van der Waals surface area contributed by atoms with Gasteiger partial charge in [0.2, 0.25) is 0 Å². The van der Waals surface area contributed by atoms with Gasteiger partial charge in [-0.25, -0.2) is 0 Å². The van der Waals surface area contributed by atoms with E-state index in [4.69, 9.17) is 19.9 Å². The van der Waals surface area contributed by atoms with Crippen LogP contribution in [-0.2, 0) is 13.3 Å². The predicted octanol–water partition coefficient (Wildman–Crippen LogP) is 14.4. The molecule has 0 aromatic heterocycles. The molecule has 0 spiro atoms. The minimum atomic E-state index is -1.97. The zero-order valence-electron chi connectivity index (χ0n) is 36.2. The molecule has 6 heteroatoms. The van der Waals surface area contributed by atoms with Crippen LogP contribution >= 0.6 is 0 Å². The molecule has 3 fully saturated rings. The quantitative estimate of drug-likeness (QED) is 0.156. The van der Waals surface area contributed by atoms with Crippen LogP contribution in [0.1, 0.15) is 147 Å². The van der Waals surface area contributed by atoms with E-state index >= 15 is 0 Å². The second-order valence-electron chi connectivity index (χ2n) is 20.6. The Morgan fingerprint density at radius 2 is 1.40 bits per heavy atom. The van der Waals surface area contributed by atoms with Crippen LogP contribution in [0.2, 0.25) is 54.4 Å². The van der Waals surface area contributed by atoms with E-state index in [0.29, 0.717) is 0 Å². The van der Waals surface area contributed by atoms with E-state index in [-0.39, 0.29) is 27.9 Å². The molecule has 0 aromatic rings. The van der Waals surface area contributed by atoms with Crippen LogP contribution in [0.15, 0.2) is 35.5 Å². The van der Waals surface area contributed by atoms with Gasteiger partial charge in [0.15, 0.2) is 25.0 Å². The molecule has 3 saturated carbocycles. The van der Waals surface area contributed by atoms with Crippen LogP contribution in [0.4, 0.5) is 0 Å². The third-order valence-corrected chi connectivity index (χ3v) is 28.6. The highest BCUT2D eigenvalue weighted by Crippen LogP contribution is 2.52. The Hall–Kier alpha value is -0.249. The Morgan fingerprint density at radius 3 is 1.96 bits per heavy atom. The molecule has 3 aliphatic carbocycles. The second kappa shape index (κ2) is 17.0. The minimum absolute atomic E-state index is 0.00697. The van der Waals surface area contributed by atoms with Gasteiger partial charge in [0.1, 0.15) is 0 Å². The molecular weight excluding hydrogens is 661 g/mol. The van der Waals surface area contributed by atoms with E-state index in [9.17, 15) is 0 Å². The Bertz CT molecular complexity index is 1170. The van der Waals surface area contributed by atoms with Crippen LogP contribution in [0.25, 0.3) is 0 Å². The van der Waals surface area contributed by atoms with E-state index in [2.05, 4.69) is 121 Å². The molecule has 0 unspecified atom stereocenters. The van der Waals surface area contributed by atoms with Crippen LogP contribution in [-0.4, -0.2) is 42.8 Å². The van der Waals surface area contributed by atoms with Gasteiger partial charge in [-0.15, -0.1) is 0 Å². The van der Waals surface area contributed by atoms with Crippen molar-refractivity contribution in [3.05, 3.63) is 35.5 Å². The van der Waals surface area contributed by atoms with Crippen LogP contribution in [0.5, 0.6) is 0 Å². The first kappa shape index (κ1) is 44.1. The zero-order chi connectivity index (χ0) is 37.9. The number of rotatable bonds is 15. The number of fused-ring (bicyclic) bond motifs is 1. The maximum atomic E-state index is 7.12. The van der Waals surface area contributed by atoms with Gasteiger partial charge >= 0.3 is 0 Å². The van der Waals surface area contributed by atoms with Gasteiger partial charge in [-0.3, -0.25) is 0 Å². The third-order valence-electron chi connectivity index (χ3n) is 14.7. The van der Waals surface area contributed by atoms with E-state index < -0.39 is 25.0 Å². The zero-order valence-corrected chi connectivity index (χ0v) is 39.2. The average molecular weight is 745 g/mol. The van der Waals surface area contributed by atoms with E-state index in [1.54, 1.807) is 5.57 Å². The summed E-state index contributed by atoms with van der Waals surface area (Å²) in [6.45, 7) is 42.7. The van der Waals surface area contributed by atoms with E-state index in [0.717, 1.165) is 36.5 Å². The fraction of sp³-hybridized carbons (Fsp3) is 0.864. The fourth-order valence-corrected chi connectivity index (χ4v) is 14.9. The van der Waals surface area contributed by atoms with Crippen molar-refractivity contribution in [2.45, 2.75) is 219 Å². The Balaban J connectivity index is 1.75. The topological polar surface area (TPSA) is 27.7 Å². The molecule has 0 bridgehead atoms. The third kappa shape index (κ3) is 10.9. The molecule has 290 valence electrons. The van der Waals surface area contributed by atoms with Gasteiger partial charge in [-0.2, -0.15) is 0 Å². The summed E-state index contributed by atoms with van der Waals surface area (Å²) in [5, 5.41) is 0.350. The molecular formula is C44H84O3Si3. The maximum Gasteiger partial charge on any atom is 0.192 e. The second-order valence-corrected chi connectivity index (χ2v) is 34.8. The molecule has 3 rings (SSSR count). The van der Waals surface area contributed by atoms with Gasteiger partial charge in [0.05, 0.1) is 17.8 Å². The van der Waals surface area contributed by atoms with E-state index in [1.165, 1.54) is 80.6 Å². The largest absolute Gasteiger partial charge is 0.413 e. The smallest absolute Gasteiger partial charge is 0.192 e. The van der Waals surface area contributed by atoms with Crippen molar-refractivity contribution >= 4 is 25.0 Å². The monoisotopic (exact) mass is 745 g/mol. The summed E-state index contributed by atoms with van der Waals surface area (Å²) in [5.41, 5.74) is 4.29. The summed E-state index contributed by atoms with van der Waals surface area (Å²) in [5.74, 6) is 3.27. The lowest BCUT2D eigenvalue weighted by Crippen LogP contribution is -2.49. The van der Waals surface area contributed by atoms with Crippen molar-refractivity contribution in [3.63, 3.8) is 0 Å². The van der Waals surface area contributed by atoms with Gasteiger partial charge in [0.25, 0.3) is 0 Å². The van der Waals surface area contributed by atoms with Crippen molar-refractivity contribution < 1.29 is 13.3 Å². The first-order chi connectivity index (χ1) is 22.9. The molecule has 0 radical (unpaired) electrons. The van der Waals surface area contributed by atoms with Crippen LogP contribution in [0, 0.1) is 23.7 Å². The first-order valence-electron chi connectivity index (χ1n) is 21.1. The highest BCUT2D eigenvalue weighted by molar-refractivity contribution is 6.74. The van der Waals surface area contributed by atoms with E-state index in [1.807, 2.05) is 0 Å². The van der Waals surface area contributed by atoms with Gasteiger partial charge in [-0.1, -0.05) is 106 Å². The SMILES string of the molecule is C=C1/C(=C\C=C2/CCC[C@@H]3[C@@H]([C@H](C)CCCC(C)(C)O[Si](CC)(CC)CC)CC[C@@H]23)C[C@@H](O[Si](C)(C)C(C)(C)C)C[C@@H]1O[Si](C)(C)C(C)(C)C. The Kier molecular flexibility index (Phi) is 15.1. The minimum Gasteiger partial charge on any atom is -0.413 e. The highest BCUT2D eigenvalue weighted by atomic mass is 28.4. The lowest BCUT2D eigenvalue weighted by molar-refractivity contribution is 0.0794. The number of allylic oxidation sites excluding steroid dienone is 3. The fourth-order valence-electron chi connectivity index (χ4n) is 9.05. The highest BCUT2D eigenvalue weighted by Gasteiger charge is 2.45. The van der Waals surface area contributed by atoms with Crippen molar-refractivity contribution in [3.8, 4) is 0 Å². The number of hydrogen-bond donors (Lipinski definition) is 0. The molecule has 0 aromatic carbocycles. The molecule has 0 heterocycles. The molecule has 3 nitrogen and oxygen atoms in total. The summed E-state index contributed by atoms with van der Waals surface area (Å²) >= 11 is 0. The van der Waals surface area contributed by atoms with Gasteiger partial charge < -0.3 is 13.3 Å². The summed E-state index contributed by atoms with van der Waals surface area (Å²) in [6, 6.07) is 3.71. The number of hydrogen-bond acceptors (Lipinski definition) is 3. The van der Waals surface area contributed by atoms with Crippen LogP contribution in [0.3, 0.4) is 0 Å². The predicted molar refractivity (Wildman–Crippen MR) is 228 cm³/mol. The maximum absolute atomic E-state index is 7.12. The van der Waals surface area contributed by atoms with Crippen molar-refractivity contribution in [2.75, 3.05) is 0 Å². The molecule has 0 saturated heterocycles. The summed E-state index contributed by atoms with van der Waals surface area (Å²) in [4.78, 5) is 0. The van der Waals surface area contributed by atoms with Crippen molar-refractivity contribution in [1.29, 1.82) is 0 Å². The molecule has 3 aliphatic rings. The molecule has 6 atom stereocenters. The van der Waals surface area contributed by atoms with Gasteiger partial charge in [-0.05, 0) is 148 Å². The first-order valence-corrected chi connectivity index (χ1v) is 29.4. The molecule has 50 heavy (non-hydrogen) atoms. The molecule has 0 amide bonds. The lowest BCUT2D eigenvalue weighted by Gasteiger charge is -2.45. The lowest BCUT2D eigenvalue weighted by atomic mass is 9.71. The summed E-state index contributed by atoms with van der Waals surface area (Å²) in [6.07, 6.45) is 17.7. The summed E-state index contributed by atoms with van der Waals surface area (Å²) < 4.78 is 21.2. The normalized spacial score (nSPS) is 28.4. The van der Waals surface area contributed by atoms with Crippen molar-refractivity contribution in [2.24, 2.45) is 23.7 Å². The standard InChI is InChI=1S/C44H84O3Si3/c1-18-50(19-2,20-3)47-44(12,13)30-22-23-33(4)38-28-29-39-35(24-21-25-40(38)39)26-27-36-31-37(45-48(14,15)42(6,7)8)32-41(34(36)5)46-49(16,17)43(9,10)11/h26-27,33,37-41H,5,18-25,28-32H2,1-4,6-17H3/b35-26+,36-27-/t33-,37-,38-,39+,40-,41+/m1/s1. The average Bonchev–Trinajstić information content (AvgIpc) is 3.44.